The average molecular weight is 286 g/mol. The van der Waals surface area contributed by atoms with Crippen molar-refractivity contribution in [3.63, 3.8) is 0 Å². The molecule has 110 valence electrons. The lowest BCUT2D eigenvalue weighted by Gasteiger charge is -2.14. The van der Waals surface area contributed by atoms with E-state index < -0.39 is 11.7 Å². The number of halogens is 3. The molecule has 0 aliphatic heterocycles. The first-order valence-corrected chi connectivity index (χ1v) is 6.66. The molecule has 2 rings (SSSR count). The maximum atomic E-state index is 12.7. The van der Waals surface area contributed by atoms with Crippen LogP contribution in [0.25, 0.3) is 0 Å². The highest BCUT2D eigenvalue weighted by atomic mass is 19.4. The minimum absolute atomic E-state index is 0.0293. The molecule has 1 amide bonds. The predicted molar refractivity (Wildman–Crippen MR) is 70.3 cm³/mol. The molecule has 0 unspecified atom stereocenters. The van der Waals surface area contributed by atoms with Crippen molar-refractivity contribution in [2.24, 2.45) is 0 Å². The van der Waals surface area contributed by atoms with Crippen molar-refractivity contribution < 1.29 is 18.0 Å². The highest BCUT2D eigenvalue weighted by Crippen LogP contribution is 2.34. The second-order valence-corrected chi connectivity index (χ2v) is 4.92. The molecule has 3 nitrogen and oxygen atoms in total. The minimum Gasteiger partial charge on any atom is -0.385 e. The Hall–Kier alpha value is -1.72. The first-order valence-electron chi connectivity index (χ1n) is 6.66. The Morgan fingerprint density at radius 1 is 1.25 bits per heavy atom. The summed E-state index contributed by atoms with van der Waals surface area (Å²) in [6.07, 6.45) is -1.47. The summed E-state index contributed by atoms with van der Waals surface area (Å²) in [6.45, 7) is 0.338. The number of nitrogens with one attached hydrogen (secondary N) is 2. The maximum Gasteiger partial charge on any atom is 0.418 e. The van der Waals surface area contributed by atoms with E-state index in [4.69, 9.17) is 0 Å². The molecule has 0 atom stereocenters. The van der Waals surface area contributed by atoms with E-state index in [-0.39, 0.29) is 11.6 Å². The lowest BCUT2D eigenvalue weighted by atomic mass is 10.1. The molecule has 0 radical (unpaired) electrons. The molecular formula is C14H17F3N2O. The van der Waals surface area contributed by atoms with Gasteiger partial charge in [-0.3, -0.25) is 4.79 Å². The standard InChI is InChI=1S/C14H17F3N2O/c15-14(16,17)11-4-1-2-5-12(11)18-9-3-6-13(20)19-10-7-8-10/h1-2,4-5,10,18H,3,6-9H2,(H,19,20). The van der Waals surface area contributed by atoms with Crippen LogP contribution in [0, 0.1) is 0 Å². The number of alkyl halides is 3. The summed E-state index contributed by atoms with van der Waals surface area (Å²) in [6, 6.07) is 5.67. The molecule has 1 aromatic carbocycles. The zero-order valence-electron chi connectivity index (χ0n) is 11.0. The van der Waals surface area contributed by atoms with Gasteiger partial charge in [-0.15, -0.1) is 0 Å². The van der Waals surface area contributed by atoms with Gasteiger partial charge < -0.3 is 10.6 Å². The topological polar surface area (TPSA) is 41.1 Å². The van der Waals surface area contributed by atoms with Crippen LogP contribution in [0.5, 0.6) is 0 Å². The smallest absolute Gasteiger partial charge is 0.385 e. The Balaban J connectivity index is 1.77. The summed E-state index contributed by atoms with van der Waals surface area (Å²) in [7, 11) is 0. The molecule has 2 N–H and O–H groups in total. The highest BCUT2D eigenvalue weighted by molar-refractivity contribution is 5.76. The third kappa shape index (κ3) is 4.43. The van der Waals surface area contributed by atoms with Crippen molar-refractivity contribution in [1.29, 1.82) is 0 Å². The van der Waals surface area contributed by atoms with Crippen LogP contribution in [0.1, 0.15) is 31.2 Å². The molecule has 1 aliphatic carbocycles. The Morgan fingerprint density at radius 3 is 2.60 bits per heavy atom. The van der Waals surface area contributed by atoms with Crippen LogP contribution in [0.2, 0.25) is 0 Å². The van der Waals surface area contributed by atoms with Gasteiger partial charge in [-0.2, -0.15) is 13.2 Å². The second-order valence-electron chi connectivity index (χ2n) is 4.92. The second kappa shape index (κ2) is 6.15. The molecule has 1 fully saturated rings. The van der Waals surface area contributed by atoms with Gasteiger partial charge in [0.1, 0.15) is 0 Å². The van der Waals surface area contributed by atoms with Crippen molar-refractivity contribution in [3.05, 3.63) is 29.8 Å². The lowest BCUT2D eigenvalue weighted by Crippen LogP contribution is -2.25. The molecule has 6 heteroatoms. The van der Waals surface area contributed by atoms with Crippen LogP contribution < -0.4 is 10.6 Å². The summed E-state index contributed by atoms with van der Waals surface area (Å²) >= 11 is 0. The number of hydrogen-bond acceptors (Lipinski definition) is 2. The van der Waals surface area contributed by atoms with Gasteiger partial charge in [-0.25, -0.2) is 0 Å². The molecule has 20 heavy (non-hydrogen) atoms. The number of anilines is 1. The van der Waals surface area contributed by atoms with Crippen LogP contribution in [0.3, 0.4) is 0 Å². The summed E-state index contributed by atoms with van der Waals surface area (Å²) in [5.74, 6) is -0.0293. The number of benzene rings is 1. The van der Waals surface area contributed by atoms with Crippen LogP contribution in [-0.2, 0) is 11.0 Å². The Morgan fingerprint density at radius 2 is 1.95 bits per heavy atom. The van der Waals surface area contributed by atoms with Gasteiger partial charge in [0.05, 0.1) is 5.56 Å². The van der Waals surface area contributed by atoms with Crippen molar-refractivity contribution in [3.8, 4) is 0 Å². The van der Waals surface area contributed by atoms with Crippen molar-refractivity contribution >= 4 is 11.6 Å². The number of hydrogen-bond donors (Lipinski definition) is 2. The van der Waals surface area contributed by atoms with Gasteiger partial charge >= 0.3 is 6.18 Å². The molecule has 0 heterocycles. The number of para-hydroxylation sites is 1. The van der Waals surface area contributed by atoms with Crippen LogP contribution in [0.4, 0.5) is 18.9 Å². The first kappa shape index (κ1) is 14.7. The molecule has 0 spiro atoms. The van der Waals surface area contributed by atoms with Gasteiger partial charge in [0, 0.05) is 24.7 Å². The molecule has 1 saturated carbocycles. The number of carbonyl (C=O) groups is 1. The van der Waals surface area contributed by atoms with E-state index in [9.17, 15) is 18.0 Å². The quantitative estimate of drug-likeness (QED) is 0.789. The maximum absolute atomic E-state index is 12.7. The third-order valence-electron chi connectivity index (χ3n) is 3.07. The fourth-order valence-electron chi connectivity index (χ4n) is 1.88. The summed E-state index contributed by atoms with van der Waals surface area (Å²) in [4.78, 5) is 11.4. The third-order valence-corrected chi connectivity index (χ3v) is 3.07. The molecule has 0 bridgehead atoms. The predicted octanol–water partition coefficient (Wildman–Crippen LogP) is 3.18. The molecule has 1 aromatic rings. The van der Waals surface area contributed by atoms with Crippen LogP contribution >= 0.6 is 0 Å². The van der Waals surface area contributed by atoms with E-state index >= 15 is 0 Å². The van der Waals surface area contributed by atoms with Crippen molar-refractivity contribution in [1.82, 2.24) is 5.32 Å². The summed E-state index contributed by atoms with van der Waals surface area (Å²) < 4.78 is 38.2. The van der Waals surface area contributed by atoms with E-state index in [2.05, 4.69) is 10.6 Å². The van der Waals surface area contributed by atoms with Crippen molar-refractivity contribution in [2.45, 2.75) is 37.9 Å². The normalized spacial score (nSPS) is 14.9. The lowest BCUT2D eigenvalue weighted by molar-refractivity contribution is -0.137. The van der Waals surface area contributed by atoms with E-state index in [1.165, 1.54) is 12.1 Å². The van der Waals surface area contributed by atoms with Gasteiger partial charge in [0.15, 0.2) is 0 Å². The number of amides is 1. The highest BCUT2D eigenvalue weighted by Gasteiger charge is 2.33. The van der Waals surface area contributed by atoms with Crippen LogP contribution in [0.15, 0.2) is 24.3 Å². The molecule has 0 aromatic heterocycles. The minimum atomic E-state index is -4.37. The van der Waals surface area contributed by atoms with E-state index in [0.717, 1.165) is 18.9 Å². The van der Waals surface area contributed by atoms with Gasteiger partial charge in [-0.05, 0) is 31.4 Å². The molecule has 0 saturated heterocycles. The SMILES string of the molecule is O=C(CCCNc1ccccc1C(F)(F)F)NC1CC1. The average Bonchev–Trinajstić information content (AvgIpc) is 3.18. The number of rotatable bonds is 6. The fraction of sp³-hybridized carbons (Fsp3) is 0.500. The summed E-state index contributed by atoms with van der Waals surface area (Å²) in [5, 5.41) is 5.59. The molecular weight excluding hydrogens is 269 g/mol. The largest absolute Gasteiger partial charge is 0.418 e. The van der Waals surface area contributed by atoms with Gasteiger partial charge in [0.25, 0.3) is 0 Å². The zero-order chi connectivity index (χ0) is 14.6. The van der Waals surface area contributed by atoms with E-state index in [1.54, 1.807) is 6.07 Å². The Labute approximate surface area is 115 Å². The number of carbonyl (C=O) groups excluding carboxylic acids is 1. The van der Waals surface area contributed by atoms with Gasteiger partial charge in [-0.1, -0.05) is 12.1 Å². The Kier molecular flexibility index (Phi) is 4.52. The van der Waals surface area contributed by atoms with E-state index in [0.29, 0.717) is 25.4 Å². The summed E-state index contributed by atoms with van der Waals surface area (Å²) in [5.41, 5.74) is -0.620. The van der Waals surface area contributed by atoms with Crippen LogP contribution in [-0.4, -0.2) is 18.5 Å². The first-order chi connectivity index (χ1) is 9.47. The molecule has 1 aliphatic rings. The van der Waals surface area contributed by atoms with E-state index in [1.807, 2.05) is 0 Å². The monoisotopic (exact) mass is 286 g/mol. The Bertz CT molecular complexity index is 470. The zero-order valence-corrected chi connectivity index (χ0v) is 11.0. The van der Waals surface area contributed by atoms with Crippen molar-refractivity contribution in [2.75, 3.05) is 11.9 Å². The van der Waals surface area contributed by atoms with Gasteiger partial charge in [0.2, 0.25) is 5.91 Å². The fourth-order valence-corrected chi connectivity index (χ4v) is 1.88.